The van der Waals surface area contributed by atoms with Crippen LogP contribution in [0.15, 0.2) is 18.2 Å². The molecule has 0 aromatic heterocycles. The lowest BCUT2D eigenvalue weighted by molar-refractivity contribution is 0.0300. The van der Waals surface area contributed by atoms with E-state index in [0.717, 1.165) is 6.42 Å². The Hall–Kier alpha value is -1.22. The van der Waals surface area contributed by atoms with E-state index in [2.05, 4.69) is 20.8 Å². The zero-order valence-corrected chi connectivity index (χ0v) is 13.6. The van der Waals surface area contributed by atoms with Crippen molar-refractivity contribution >= 4 is 17.4 Å². The van der Waals surface area contributed by atoms with Gasteiger partial charge in [-0.15, -0.1) is 0 Å². The number of benzene rings is 1. The molecule has 0 saturated heterocycles. The van der Waals surface area contributed by atoms with Crippen LogP contribution in [0.3, 0.4) is 0 Å². The van der Waals surface area contributed by atoms with Gasteiger partial charge in [-0.25, -0.2) is 0 Å². The lowest BCUT2D eigenvalue weighted by Gasteiger charge is -2.39. The number of nitrogens with two attached hydrogens (primary N) is 1. The number of fused-ring (bicyclic) bond motifs is 2. The molecule has 0 aliphatic heterocycles. The van der Waals surface area contributed by atoms with Crippen LogP contribution in [-0.2, 0) is 0 Å². The summed E-state index contributed by atoms with van der Waals surface area (Å²) in [6.07, 6.45) is 3.74. The number of hydrogen-bond acceptors (Lipinski definition) is 2. The number of amidine groups is 1. The fourth-order valence-electron chi connectivity index (χ4n) is 4.28. The van der Waals surface area contributed by atoms with Crippen LogP contribution in [0.25, 0.3) is 0 Å². The van der Waals surface area contributed by atoms with E-state index >= 15 is 0 Å². The van der Waals surface area contributed by atoms with E-state index in [0.29, 0.717) is 27.7 Å². The monoisotopic (exact) mass is 306 g/mol. The van der Waals surface area contributed by atoms with Crippen LogP contribution in [0, 0.1) is 22.2 Å². The van der Waals surface area contributed by atoms with Gasteiger partial charge < -0.3 is 10.5 Å². The Morgan fingerprint density at radius 3 is 2.62 bits per heavy atom. The molecule has 3 unspecified atom stereocenters. The molecule has 3 N–H and O–H groups in total. The first-order valence-electron chi connectivity index (χ1n) is 7.56. The summed E-state index contributed by atoms with van der Waals surface area (Å²) in [5.41, 5.74) is 6.76. The third-order valence-electron chi connectivity index (χ3n) is 6.22. The average Bonchev–Trinajstić information content (AvgIpc) is 2.71. The number of halogens is 1. The van der Waals surface area contributed by atoms with E-state index in [1.165, 1.54) is 12.8 Å². The van der Waals surface area contributed by atoms with Crippen molar-refractivity contribution in [3.8, 4) is 5.75 Å². The second-order valence-corrected chi connectivity index (χ2v) is 7.71. The molecule has 2 aliphatic rings. The Balaban J connectivity index is 1.92. The SMILES string of the molecule is CC1(C)C2CCC1(C)C(Oc1cc(Cl)ccc1C(=N)N)C2. The highest BCUT2D eigenvalue weighted by molar-refractivity contribution is 6.30. The normalized spacial score (nSPS) is 33.1. The van der Waals surface area contributed by atoms with Gasteiger partial charge >= 0.3 is 0 Å². The zero-order chi connectivity index (χ0) is 15.4. The predicted octanol–water partition coefficient (Wildman–Crippen LogP) is 4.22. The van der Waals surface area contributed by atoms with Gasteiger partial charge in [0.25, 0.3) is 0 Å². The molecule has 2 fully saturated rings. The van der Waals surface area contributed by atoms with E-state index in [-0.39, 0.29) is 17.4 Å². The maximum absolute atomic E-state index is 7.71. The number of hydrogen-bond donors (Lipinski definition) is 2. The highest BCUT2D eigenvalue weighted by Gasteiger charge is 2.62. The van der Waals surface area contributed by atoms with E-state index in [1.807, 2.05) is 0 Å². The van der Waals surface area contributed by atoms with Gasteiger partial charge in [-0.1, -0.05) is 32.4 Å². The highest BCUT2D eigenvalue weighted by Crippen LogP contribution is 2.66. The van der Waals surface area contributed by atoms with Crippen LogP contribution in [-0.4, -0.2) is 11.9 Å². The number of ether oxygens (including phenoxy) is 1. The Morgan fingerprint density at radius 1 is 1.38 bits per heavy atom. The average molecular weight is 307 g/mol. The molecule has 4 heteroatoms. The minimum atomic E-state index is 0.0224. The fraction of sp³-hybridized carbons (Fsp3) is 0.588. The first-order valence-corrected chi connectivity index (χ1v) is 7.94. The number of rotatable bonds is 3. The molecule has 0 spiro atoms. The molecule has 2 aliphatic carbocycles. The van der Waals surface area contributed by atoms with Gasteiger partial charge in [0, 0.05) is 10.4 Å². The van der Waals surface area contributed by atoms with Gasteiger partial charge in [0.05, 0.1) is 5.56 Å². The van der Waals surface area contributed by atoms with Gasteiger partial charge in [0.1, 0.15) is 17.7 Å². The molecule has 0 radical (unpaired) electrons. The molecule has 1 aromatic rings. The van der Waals surface area contributed by atoms with Crippen LogP contribution in [0.2, 0.25) is 5.02 Å². The number of nitrogens with one attached hydrogen (secondary N) is 1. The Morgan fingerprint density at radius 2 is 2.10 bits per heavy atom. The largest absolute Gasteiger partial charge is 0.489 e. The molecular formula is C17H23ClN2O. The van der Waals surface area contributed by atoms with Crippen molar-refractivity contribution in [3.63, 3.8) is 0 Å². The second-order valence-electron chi connectivity index (χ2n) is 7.27. The molecule has 3 nitrogen and oxygen atoms in total. The molecule has 0 amide bonds. The summed E-state index contributed by atoms with van der Waals surface area (Å²) in [7, 11) is 0. The first kappa shape index (κ1) is 14.7. The third kappa shape index (κ3) is 2.05. The van der Waals surface area contributed by atoms with Crippen LogP contribution in [0.4, 0.5) is 0 Å². The van der Waals surface area contributed by atoms with Crippen molar-refractivity contribution in [3.05, 3.63) is 28.8 Å². The van der Waals surface area contributed by atoms with E-state index in [1.54, 1.807) is 18.2 Å². The lowest BCUT2D eigenvalue weighted by Crippen LogP contribution is -2.39. The van der Waals surface area contributed by atoms with Crippen molar-refractivity contribution in [2.24, 2.45) is 22.5 Å². The summed E-state index contributed by atoms with van der Waals surface area (Å²) < 4.78 is 6.32. The number of nitrogen functional groups attached to an aromatic ring is 1. The molecule has 3 atom stereocenters. The van der Waals surface area contributed by atoms with Gasteiger partial charge in [-0.05, 0) is 48.8 Å². The summed E-state index contributed by atoms with van der Waals surface area (Å²) in [5, 5.41) is 8.32. The van der Waals surface area contributed by atoms with E-state index in [9.17, 15) is 0 Å². The molecule has 114 valence electrons. The predicted molar refractivity (Wildman–Crippen MR) is 86.1 cm³/mol. The molecule has 21 heavy (non-hydrogen) atoms. The smallest absolute Gasteiger partial charge is 0.132 e. The van der Waals surface area contributed by atoms with Crippen molar-refractivity contribution in [2.75, 3.05) is 0 Å². The third-order valence-corrected chi connectivity index (χ3v) is 6.45. The maximum atomic E-state index is 7.71. The summed E-state index contributed by atoms with van der Waals surface area (Å²) in [5.74, 6) is 1.38. The van der Waals surface area contributed by atoms with E-state index in [4.69, 9.17) is 27.5 Å². The molecule has 1 aromatic carbocycles. The van der Waals surface area contributed by atoms with Crippen molar-refractivity contribution < 1.29 is 4.74 Å². The van der Waals surface area contributed by atoms with Crippen LogP contribution in [0.1, 0.15) is 45.6 Å². The summed E-state index contributed by atoms with van der Waals surface area (Å²) in [6.45, 7) is 7.05. The van der Waals surface area contributed by atoms with Crippen LogP contribution in [0.5, 0.6) is 5.75 Å². The topological polar surface area (TPSA) is 59.1 Å². The molecule has 2 saturated carbocycles. The van der Waals surface area contributed by atoms with Gasteiger partial charge in [0.2, 0.25) is 0 Å². The lowest BCUT2D eigenvalue weighted by atomic mass is 9.70. The first-order chi connectivity index (χ1) is 9.75. The fourth-order valence-corrected chi connectivity index (χ4v) is 4.44. The van der Waals surface area contributed by atoms with Gasteiger partial charge in [-0.2, -0.15) is 0 Å². The van der Waals surface area contributed by atoms with Crippen molar-refractivity contribution in [2.45, 2.75) is 46.1 Å². The van der Waals surface area contributed by atoms with Gasteiger partial charge in [-0.3, -0.25) is 5.41 Å². The molecule has 2 bridgehead atoms. The molecule has 0 heterocycles. The standard InChI is InChI=1S/C17H23ClN2O/c1-16(2)10-6-7-17(16,3)14(8-10)21-13-9-11(18)4-5-12(13)15(19)20/h4-5,9-10,14H,6-8H2,1-3H3,(H3,19,20). The van der Waals surface area contributed by atoms with E-state index < -0.39 is 0 Å². The molecule has 3 rings (SSSR count). The Bertz CT molecular complexity index is 598. The van der Waals surface area contributed by atoms with Crippen molar-refractivity contribution in [1.82, 2.24) is 0 Å². The molecular weight excluding hydrogens is 284 g/mol. The Kier molecular flexibility index (Phi) is 3.25. The van der Waals surface area contributed by atoms with Gasteiger partial charge in [0.15, 0.2) is 0 Å². The van der Waals surface area contributed by atoms with Crippen LogP contribution < -0.4 is 10.5 Å². The highest BCUT2D eigenvalue weighted by atomic mass is 35.5. The quantitative estimate of drug-likeness (QED) is 0.649. The van der Waals surface area contributed by atoms with Crippen LogP contribution >= 0.6 is 11.6 Å². The minimum Gasteiger partial charge on any atom is -0.489 e. The summed E-state index contributed by atoms with van der Waals surface area (Å²) in [6, 6.07) is 5.29. The zero-order valence-electron chi connectivity index (χ0n) is 12.9. The second kappa shape index (κ2) is 4.64. The summed E-state index contributed by atoms with van der Waals surface area (Å²) in [4.78, 5) is 0. The minimum absolute atomic E-state index is 0.0224. The maximum Gasteiger partial charge on any atom is 0.132 e. The Labute approximate surface area is 131 Å². The van der Waals surface area contributed by atoms with Crippen molar-refractivity contribution in [1.29, 1.82) is 5.41 Å². The summed E-state index contributed by atoms with van der Waals surface area (Å²) >= 11 is 6.09.